The maximum absolute atomic E-state index is 12.4. The third-order valence-corrected chi connectivity index (χ3v) is 5.48. The van der Waals surface area contributed by atoms with E-state index in [0.717, 1.165) is 42.6 Å². The molecule has 6 nitrogen and oxygen atoms in total. The van der Waals surface area contributed by atoms with Crippen LogP contribution < -0.4 is 10.2 Å². The molecule has 0 aliphatic rings. The normalized spacial score (nSPS) is 11.3. The molecular formula is C22H35N5OS. The predicted octanol–water partition coefficient (Wildman–Crippen LogP) is 4.25. The lowest BCUT2D eigenvalue weighted by atomic mass is 10.1. The van der Waals surface area contributed by atoms with E-state index in [0.29, 0.717) is 24.1 Å². The van der Waals surface area contributed by atoms with Gasteiger partial charge in [-0.1, -0.05) is 25.6 Å². The van der Waals surface area contributed by atoms with E-state index in [4.69, 9.17) is 0 Å². The van der Waals surface area contributed by atoms with E-state index >= 15 is 0 Å². The van der Waals surface area contributed by atoms with Gasteiger partial charge in [0.2, 0.25) is 0 Å². The van der Waals surface area contributed by atoms with Gasteiger partial charge in [-0.3, -0.25) is 4.79 Å². The second-order valence-corrected chi connectivity index (χ2v) is 8.67. The van der Waals surface area contributed by atoms with Crippen LogP contribution in [0, 0.1) is 5.92 Å². The summed E-state index contributed by atoms with van der Waals surface area (Å²) in [6.45, 7) is 13.4. The molecule has 7 heteroatoms. The average molecular weight is 418 g/mol. The zero-order valence-corrected chi connectivity index (χ0v) is 19.4. The first-order chi connectivity index (χ1) is 13.9. The number of rotatable bonds is 11. The van der Waals surface area contributed by atoms with Gasteiger partial charge in [0.25, 0.3) is 5.91 Å². The van der Waals surface area contributed by atoms with Crippen LogP contribution >= 0.6 is 11.8 Å². The van der Waals surface area contributed by atoms with Crippen LogP contribution in [0.15, 0.2) is 29.4 Å². The zero-order valence-electron chi connectivity index (χ0n) is 18.6. The molecule has 0 aliphatic heterocycles. The highest BCUT2D eigenvalue weighted by molar-refractivity contribution is 7.98. The van der Waals surface area contributed by atoms with Gasteiger partial charge in [-0.2, -0.15) is 0 Å². The topological polar surface area (TPSA) is 63.1 Å². The number of thioether (sulfide) groups is 1. The highest BCUT2D eigenvalue weighted by Gasteiger charge is 2.13. The van der Waals surface area contributed by atoms with E-state index in [2.05, 4.69) is 59.6 Å². The maximum atomic E-state index is 12.4. The van der Waals surface area contributed by atoms with Crippen molar-refractivity contribution >= 4 is 23.4 Å². The minimum Gasteiger partial charge on any atom is -0.369 e. The van der Waals surface area contributed by atoms with Crippen LogP contribution in [0.2, 0.25) is 0 Å². The van der Waals surface area contributed by atoms with Gasteiger partial charge >= 0.3 is 0 Å². The van der Waals surface area contributed by atoms with E-state index in [9.17, 15) is 4.79 Å². The summed E-state index contributed by atoms with van der Waals surface area (Å²) >= 11 is 1.62. The Morgan fingerprint density at radius 2 is 1.86 bits per heavy atom. The molecule has 1 aromatic heterocycles. The van der Waals surface area contributed by atoms with Crippen molar-refractivity contribution in [2.24, 2.45) is 5.92 Å². The minimum absolute atomic E-state index is 0.0300. The molecule has 0 bridgehead atoms. The van der Waals surface area contributed by atoms with E-state index in [1.165, 1.54) is 0 Å². The lowest BCUT2D eigenvalue weighted by Crippen LogP contribution is -2.30. The fourth-order valence-electron chi connectivity index (χ4n) is 3.40. The smallest absolute Gasteiger partial charge is 0.251 e. The predicted molar refractivity (Wildman–Crippen MR) is 122 cm³/mol. The zero-order chi connectivity index (χ0) is 21.4. The Morgan fingerprint density at radius 3 is 2.41 bits per heavy atom. The van der Waals surface area contributed by atoms with Crippen LogP contribution in [-0.4, -0.2) is 46.1 Å². The summed E-state index contributed by atoms with van der Waals surface area (Å²) in [6.07, 6.45) is 3.67. The first kappa shape index (κ1) is 23.3. The van der Waals surface area contributed by atoms with Crippen molar-refractivity contribution in [1.29, 1.82) is 0 Å². The average Bonchev–Trinajstić information content (AvgIpc) is 3.06. The van der Waals surface area contributed by atoms with Crippen molar-refractivity contribution in [3.8, 4) is 0 Å². The Morgan fingerprint density at radius 1 is 1.17 bits per heavy atom. The second kappa shape index (κ2) is 11.2. The molecule has 2 rings (SSSR count). The van der Waals surface area contributed by atoms with Crippen LogP contribution in [0.3, 0.4) is 0 Å². The quantitative estimate of drug-likeness (QED) is 0.437. The molecule has 160 valence electrons. The van der Waals surface area contributed by atoms with Crippen LogP contribution in [0.5, 0.6) is 0 Å². The molecule has 1 heterocycles. The molecular weight excluding hydrogens is 382 g/mol. The van der Waals surface area contributed by atoms with Gasteiger partial charge in [0.05, 0.1) is 0 Å². The molecule has 0 saturated heterocycles. The summed E-state index contributed by atoms with van der Waals surface area (Å²) in [4.78, 5) is 14.7. The van der Waals surface area contributed by atoms with Crippen molar-refractivity contribution in [1.82, 2.24) is 20.1 Å². The van der Waals surface area contributed by atoms with Gasteiger partial charge in [-0.15, -0.1) is 10.2 Å². The highest BCUT2D eigenvalue weighted by Crippen LogP contribution is 2.18. The standard InChI is InChI=1S/C22H35N5OS/c1-7-26(17(4)5)19-12-10-18(11-13-19)21(28)23-14-8-9-20-24-25-22(29-6)27(20)15-16(2)3/h10-13,16-17H,7-9,14-15H2,1-6H3,(H,23,28). The molecule has 1 aromatic carbocycles. The number of carbonyl (C=O) groups is 1. The fourth-order valence-corrected chi connectivity index (χ4v) is 3.93. The lowest BCUT2D eigenvalue weighted by molar-refractivity contribution is 0.0953. The van der Waals surface area contributed by atoms with E-state index in [-0.39, 0.29) is 5.91 Å². The Hall–Kier alpha value is -2.02. The lowest BCUT2D eigenvalue weighted by Gasteiger charge is -2.27. The molecule has 1 N–H and O–H groups in total. The van der Waals surface area contributed by atoms with Crippen LogP contribution in [0.1, 0.15) is 57.2 Å². The van der Waals surface area contributed by atoms with Crippen molar-refractivity contribution in [2.75, 3.05) is 24.2 Å². The molecule has 29 heavy (non-hydrogen) atoms. The number of benzene rings is 1. The molecule has 0 atom stereocenters. The Kier molecular flexibility index (Phi) is 9.01. The molecule has 0 radical (unpaired) electrons. The number of amides is 1. The number of aryl methyl sites for hydroxylation is 1. The van der Waals surface area contributed by atoms with E-state index in [1.54, 1.807) is 11.8 Å². The van der Waals surface area contributed by atoms with Gasteiger partial charge in [0.1, 0.15) is 5.82 Å². The molecule has 0 aliphatic carbocycles. The molecule has 1 amide bonds. The number of anilines is 1. The second-order valence-electron chi connectivity index (χ2n) is 7.89. The van der Waals surface area contributed by atoms with Crippen molar-refractivity contribution in [2.45, 2.75) is 65.2 Å². The van der Waals surface area contributed by atoms with E-state index < -0.39 is 0 Å². The van der Waals surface area contributed by atoms with Crippen LogP contribution in [0.4, 0.5) is 5.69 Å². The van der Waals surface area contributed by atoms with Gasteiger partial charge < -0.3 is 14.8 Å². The van der Waals surface area contributed by atoms with Crippen molar-refractivity contribution < 1.29 is 4.79 Å². The van der Waals surface area contributed by atoms with Gasteiger partial charge in [-0.05, 0) is 63.6 Å². The molecule has 0 unspecified atom stereocenters. The first-order valence-corrected chi connectivity index (χ1v) is 11.7. The third-order valence-electron chi connectivity index (χ3n) is 4.81. The molecule has 2 aromatic rings. The molecule has 0 fully saturated rings. The Bertz CT molecular complexity index is 770. The summed E-state index contributed by atoms with van der Waals surface area (Å²) in [7, 11) is 0. The Labute approximate surface area is 179 Å². The van der Waals surface area contributed by atoms with E-state index in [1.807, 2.05) is 30.5 Å². The third kappa shape index (κ3) is 6.49. The number of nitrogens with zero attached hydrogens (tertiary/aromatic N) is 4. The summed E-state index contributed by atoms with van der Waals surface area (Å²) in [5.74, 6) is 1.50. The van der Waals surface area contributed by atoms with Crippen LogP contribution in [0.25, 0.3) is 0 Å². The van der Waals surface area contributed by atoms with Gasteiger partial charge in [0.15, 0.2) is 5.16 Å². The number of nitrogens with one attached hydrogen (secondary N) is 1. The van der Waals surface area contributed by atoms with Crippen molar-refractivity contribution in [3.63, 3.8) is 0 Å². The van der Waals surface area contributed by atoms with Crippen LogP contribution in [-0.2, 0) is 13.0 Å². The highest BCUT2D eigenvalue weighted by atomic mass is 32.2. The number of carbonyl (C=O) groups excluding carboxylic acids is 1. The number of hydrogen-bond acceptors (Lipinski definition) is 5. The number of hydrogen-bond donors (Lipinski definition) is 1. The summed E-state index contributed by atoms with van der Waals surface area (Å²) in [6, 6.07) is 8.29. The monoisotopic (exact) mass is 417 g/mol. The maximum Gasteiger partial charge on any atom is 0.251 e. The molecule has 0 spiro atoms. The number of aromatic nitrogens is 3. The molecule has 0 saturated carbocycles. The largest absolute Gasteiger partial charge is 0.369 e. The summed E-state index contributed by atoms with van der Waals surface area (Å²) in [5.41, 5.74) is 1.84. The van der Waals surface area contributed by atoms with Crippen molar-refractivity contribution in [3.05, 3.63) is 35.7 Å². The summed E-state index contributed by atoms with van der Waals surface area (Å²) in [5, 5.41) is 12.6. The van der Waals surface area contributed by atoms with Gasteiger partial charge in [-0.25, -0.2) is 0 Å². The SMILES string of the molecule is CCN(c1ccc(C(=O)NCCCc2nnc(SC)n2CC(C)C)cc1)C(C)C. The Balaban J connectivity index is 1.87. The fraction of sp³-hybridized carbons (Fsp3) is 0.591. The van der Waals surface area contributed by atoms with Gasteiger partial charge in [0, 0.05) is 43.3 Å². The minimum atomic E-state index is -0.0300. The first-order valence-electron chi connectivity index (χ1n) is 10.5. The summed E-state index contributed by atoms with van der Waals surface area (Å²) < 4.78 is 2.20.